The SMILES string of the molecule is Cc1cc2c(s1)CC(O)(c1ccc(C(C)(C)C)cc1)N1CCN=C21. The zero-order valence-corrected chi connectivity index (χ0v) is 15.6. The van der Waals surface area contributed by atoms with E-state index in [1.54, 1.807) is 11.3 Å². The molecule has 3 nitrogen and oxygen atoms in total. The monoisotopic (exact) mass is 340 g/mol. The summed E-state index contributed by atoms with van der Waals surface area (Å²) in [4.78, 5) is 9.29. The van der Waals surface area contributed by atoms with E-state index >= 15 is 0 Å². The van der Waals surface area contributed by atoms with E-state index in [0.717, 1.165) is 24.5 Å². The van der Waals surface area contributed by atoms with Gasteiger partial charge in [0, 0.05) is 33.8 Å². The van der Waals surface area contributed by atoms with Crippen molar-refractivity contribution in [2.75, 3.05) is 13.1 Å². The van der Waals surface area contributed by atoms with Gasteiger partial charge in [-0.15, -0.1) is 11.3 Å². The minimum atomic E-state index is -0.990. The van der Waals surface area contributed by atoms with E-state index in [9.17, 15) is 5.11 Å². The van der Waals surface area contributed by atoms with Crippen LogP contribution in [-0.2, 0) is 17.6 Å². The molecule has 1 N–H and O–H groups in total. The van der Waals surface area contributed by atoms with Crippen LogP contribution in [0.5, 0.6) is 0 Å². The van der Waals surface area contributed by atoms with Gasteiger partial charge in [0.25, 0.3) is 0 Å². The number of aliphatic imine (C=N–C) groups is 1. The van der Waals surface area contributed by atoms with Gasteiger partial charge in [-0.2, -0.15) is 0 Å². The van der Waals surface area contributed by atoms with Crippen molar-refractivity contribution >= 4 is 17.2 Å². The van der Waals surface area contributed by atoms with Crippen molar-refractivity contribution in [3.05, 3.63) is 56.8 Å². The molecule has 1 aromatic heterocycles. The van der Waals surface area contributed by atoms with E-state index in [4.69, 9.17) is 0 Å². The van der Waals surface area contributed by atoms with E-state index in [1.807, 2.05) is 0 Å². The predicted octanol–water partition coefficient (Wildman–Crippen LogP) is 3.82. The Balaban J connectivity index is 1.78. The van der Waals surface area contributed by atoms with Crippen LogP contribution in [-0.4, -0.2) is 28.9 Å². The Labute approximate surface area is 147 Å². The number of rotatable bonds is 1. The first-order valence-corrected chi connectivity index (χ1v) is 9.36. The molecule has 0 bridgehead atoms. The number of hydrogen-bond acceptors (Lipinski definition) is 4. The second kappa shape index (κ2) is 5.17. The van der Waals surface area contributed by atoms with Gasteiger partial charge in [0.1, 0.15) is 5.84 Å². The van der Waals surface area contributed by atoms with Crippen LogP contribution in [0, 0.1) is 6.92 Å². The molecule has 4 heteroatoms. The summed E-state index contributed by atoms with van der Waals surface area (Å²) in [6, 6.07) is 10.7. The molecule has 0 radical (unpaired) electrons. The van der Waals surface area contributed by atoms with Gasteiger partial charge in [-0.1, -0.05) is 45.0 Å². The summed E-state index contributed by atoms with van der Waals surface area (Å²) in [6.07, 6.45) is 0.634. The Bertz CT molecular complexity index is 813. The molecule has 0 amide bonds. The van der Waals surface area contributed by atoms with Crippen molar-refractivity contribution < 1.29 is 5.11 Å². The summed E-state index contributed by atoms with van der Waals surface area (Å²) < 4.78 is 0. The van der Waals surface area contributed by atoms with Crippen LogP contribution in [0.3, 0.4) is 0 Å². The molecule has 2 aliphatic rings. The van der Waals surface area contributed by atoms with E-state index in [1.165, 1.54) is 20.9 Å². The Hall–Kier alpha value is -1.65. The summed E-state index contributed by atoms with van der Waals surface area (Å²) >= 11 is 1.78. The molecular formula is C20H24N2OS. The molecular weight excluding hydrogens is 316 g/mol. The molecule has 24 heavy (non-hydrogen) atoms. The average molecular weight is 340 g/mol. The quantitative estimate of drug-likeness (QED) is 0.857. The van der Waals surface area contributed by atoms with Crippen LogP contribution in [0.25, 0.3) is 0 Å². The normalized spacial score (nSPS) is 23.0. The number of amidine groups is 1. The van der Waals surface area contributed by atoms with Crippen LogP contribution in [0.2, 0.25) is 0 Å². The number of aliphatic hydroxyl groups is 1. The number of nitrogens with zero attached hydrogens (tertiary/aromatic N) is 2. The molecule has 126 valence electrons. The highest BCUT2D eigenvalue weighted by Gasteiger charge is 2.45. The van der Waals surface area contributed by atoms with Crippen molar-refractivity contribution in [2.24, 2.45) is 4.99 Å². The van der Waals surface area contributed by atoms with Crippen LogP contribution in [0.15, 0.2) is 35.3 Å². The minimum Gasteiger partial charge on any atom is -0.366 e. The second-order valence-electron chi connectivity index (χ2n) is 7.87. The van der Waals surface area contributed by atoms with Crippen molar-refractivity contribution in [1.82, 2.24) is 4.90 Å². The molecule has 0 aliphatic carbocycles. The molecule has 4 rings (SSSR count). The maximum atomic E-state index is 11.6. The number of benzene rings is 1. The highest BCUT2D eigenvalue weighted by Crippen LogP contribution is 2.42. The summed E-state index contributed by atoms with van der Waals surface area (Å²) in [7, 11) is 0. The highest BCUT2D eigenvalue weighted by atomic mass is 32.1. The molecule has 1 unspecified atom stereocenters. The second-order valence-corrected chi connectivity index (χ2v) is 9.21. The number of aryl methyl sites for hydroxylation is 1. The van der Waals surface area contributed by atoms with E-state index in [-0.39, 0.29) is 5.41 Å². The van der Waals surface area contributed by atoms with Crippen LogP contribution in [0.1, 0.15) is 47.2 Å². The van der Waals surface area contributed by atoms with Gasteiger partial charge in [0.2, 0.25) is 0 Å². The first-order chi connectivity index (χ1) is 11.3. The average Bonchev–Trinajstić information content (AvgIpc) is 3.13. The van der Waals surface area contributed by atoms with Crippen LogP contribution < -0.4 is 0 Å². The number of thiophene rings is 1. The molecule has 0 saturated carbocycles. The Morgan fingerprint density at radius 1 is 1.21 bits per heavy atom. The molecule has 0 spiro atoms. The van der Waals surface area contributed by atoms with Crippen molar-refractivity contribution in [2.45, 2.75) is 45.3 Å². The van der Waals surface area contributed by atoms with Gasteiger partial charge in [-0.3, -0.25) is 4.99 Å². The molecule has 1 aromatic carbocycles. The Kier molecular flexibility index (Phi) is 3.42. The highest BCUT2D eigenvalue weighted by molar-refractivity contribution is 7.12. The molecule has 3 heterocycles. The smallest absolute Gasteiger partial charge is 0.170 e. The summed E-state index contributed by atoms with van der Waals surface area (Å²) in [5.74, 6) is 0.961. The third-order valence-corrected chi connectivity index (χ3v) is 6.13. The van der Waals surface area contributed by atoms with Gasteiger partial charge in [0.15, 0.2) is 5.72 Å². The fourth-order valence-corrected chi connectivity index (χ4v) is 4.83. The fourth-order valence-electron chi connectivity index (χ4n) is 3.74. The third-order valence-electron chi connectivity index (χ3n) is 5.08. The summed E-state index contributed by atoms with van der Waals surface area (Å²) in [5, 5.41) is 11.6. The fraction of sp³-hybridized carbons (Fsp3) is 0.450. The van der Waals surface area contributed by atoms with E-state index in [2.05, 4.69) is 67.9 Å². The lowest BCUT2D eigenvalue weighted by Gasteiger charge is -2.43. The van der Waals surface area contributed by atoms with Crippen LogP contribution >= 0.6 is 11.3 Å². The van der Waals surface area contributed by atoms with Crippen molar-refractivity contribution in [1.29, 1.82) is 0 Å². The zero-order chi connectivity index (χ0) is 17.1. The number of fused-ring (bicyclic) bond motifs is 3. The maximum absolute atomic E-state index is 11.6. The van der Waals surface area contributed by atoms with Gasteiger partial charge >= 0.3 is 0 Å². The Morgan fingerprint density at radius 2 is 1.92 bits per heavy atom. The molecule has 0 fully saturated rings. The molecule has 2 aromatic rings. The molecule has 2 aliphatic heterocycles. The Morgan fingerprint density at radius 3 is 2.58 bits per heavy atom. The summed E-state index contributed by atoms with van der Waals surface area (Å²) in [5.41, 5.74) is 2.59. The summed E-state index contributed by atoms with van der Waals surface area (Å²) in [6.45, 7) is 10.3. The maximum Gasteiger partial charge on any atom is 0.170 e. The van der Waals surface area contributed by atoms with Crippen molar-refractivity contribution in [3.8, 4) is 0 Å². The third kappa shape index (κ3) is 2.32. The first kappa shape index (κ1) is 15.9. The van der Waals surface area contributed by atoms with Gasteiger partial charge in [0.05, 0.1) is 6.54 Å². The van der Waals surface area contributed by atoms with E-state index < -0.39 is 5.72 Å². The van der Waals surface area contributed by atoms with Crippen molar-refractivity contribution in [3.63, 3.8) is 0 Å². The molecule has 0 saturated heterocycles. The lowest BCUT2D eigenvalue weighted by atomic mass is 9.84. The van der Waals surface area contributed by atoms with Gasteiger partial charge in [-0.25, -0.2) is 0 Å². The lowest BCUT2D eigenvalue weighted by Crippen LogP contribution is -2.52. The molecule has 1 atom stereocenters. The van der Waals surface area contributed by atoms with Gasteiger partial charge < -0.3 is 10.0 Å². The minimum absolute atomic E-state index is 0.117. The standard InChI is InChI=1S/C20H24N2OS/c1-13-11-16-17(24-13)12-20(23,22-10-9-21-18(16)22)15-7-5-14(6-8-15)19(2,3)4/h5-8,11,23H,9-10,12H2,1-4H3. The predicted molar refractivity (Wildman–Crippen MR) is 99.9 cm³/mol. The van der Waals surface area contributed by atoms with Crippen LogP contribution in [0.4, 0.5) is 0 Å². The largest absolute Gasteiger partial charge is 0.366 e. The topological polar surface area (TPSA) is 35.8 Å². The number of hydrogen-bond donors (Lipinski definition) is 1. The lowest BCUT2D eigenvalue weighted by molar-refractivity contribution is -0.0737. The van der Waals surface area contributed by atoms with Gasteiger partial charge in [-0.05, 0) is 24.0 Å². The first-order valence-electron chi connectivity index (χ1n) is 8.54. The zero-order valence-electron chi connectivity index (χ0n) is 14.8. The van der Waals surface area contributed by atoms with E-state index in [0.29, 0.717) is 6.42 Å².